The highest BCUT2D eigenvalue weighted by atomic mass is 16.4. The van der Waals surface area contributed by atoms with E-state index in [-0.39, 0.29) is 23.9 Å². The minimum Gasteiger partial charge on any atom is -0.481 e. The van der Waals surface area contributed by atoms with Crippen LogP contribution in [0.4, 0.5) is 10.5 Å². The van der Waals surface area contributed by atoms with E-state index in [4.69, 9.17) is 5.11 Å². The van der Waals surface area contributed by atoms with Crippen LogP contribution in [0, 0.1) is 5.41 Å². The van der Waals surface area contributed by atoms with Crippen molar-refractivity contribution in [2.45, 2.75) is 46.6 Å². The molecule has 5 nitrogen and oxygen atoms in total. The number of amides is 2. The summed E-state index contributed by atoms with van der Waals surface area (Å²) in [5.41, 5.74) is 1.44. The lowest BCUT2D eigenvalue weighted by Gasteiger charge is -2.28. The van der Waals surface area contributed by atoms with Crippen LogP contribution in [0.3, 0.4) is 0 Å². The van der Waals surface area contributed by atoms with Crippen molar-refractivity contribution in [1.29, 1.82) is 0 Å². The van der Waals surface area contributed by atoms with Crippen LogP contribution in [0.1, 0.15) is 39.7 Å². The van der Waals surface area contributed by atoms with Gasteiger partial charge < -0.3 is 15.7 Å². The number of hydrogen-bond acceptors (Lipinski definition) is 2. The van der Waals surface area contributed by atoms with Gasteiger partial charge in [-0.1, -0.05) is 39.0 Å². The molecule has 0 fully saturated rings. The molecular weight excluding hydrogens is 268 g/mol. The third-order valence-corrected chi connectivity index (χ3v) is 3.52. The van der Waals surface area contributed by atoms with Crippen molar-refractivity contribution < 1.29 is 14.7 Å². The van der Waals surface area contributed by atoms with Crippen molar-refractivity contribution in [2.24, 2.45) is 5.41 Å². The molecule has 1 atom stereocenters. The van der Waals surface area contributed by atoms with Crippen molar-refractivity contribution in [1.82, 2.24) is 5.32 Å². The number of carboxylic acids is 1. The predicted molar refractivity (Wildman–Crippen MR) is 83.5 cm³/mol. The Morgan fingerprint density at radius 3 is 2.43 bits per heavy atom. The lowest BCUT2D eigenvalue weighted by molar-refractivity contribution is -0.136. The Morgan fingerprint density at radius 2 is 1.86 bits per heavy atom. The van der Waals surface area contributed by atoms with Gasteiger partial charge in [0, 0.05) is 18.2 Å². The molecule has 0 bridgehead atoms. The van der Waals surface area contributed by atoms with E-state index < -0.39 is 5.97 Å². The summed E-state index contributed by atoms with van der Waals surface area (Å²) in [6, 6.07) is 6.99. The molecule has 1 unspecified atom stereocenters. The van der Waals surface area contributed by atoms with Gasteiger partial charge in [0.2, 0.25) is 0 Å². The van der Waals surface area contributed by atoms with E-state index in [1.165, 1.54) is 0 Å². The monoisotopic (exact) mass is 292 g/mol. The number of urea groups is 1. The molecule has 1 rings (SSSR count). The van der Waals surface area contributed by atoms with Crippen LogP contribution >= 0.6 is 0 Å². The zero-order valence-corrected chi connectivity index (χ0v) is 13.1. The van der Waals surface area contributed by atoms with E-state index in [9.17, 15) is 9.59 Å². The molecule has 0 aliphatic carbocycles. The first kappa shape index (κ1) is 17.0. The molecule has 0 spiro atoms. The van der Waals surface area contributed by atoms with Crippen LogP contribution < -0.4 is 10.6 Å². The van der Waals surface area contributed by atoms with Gasteiger partial charge in [0.05, 0.1) is 0 Å². The normalized spacial score (nSPS) is 12.6. The summed E-state index contributed by atoms with van der Waals surface area (Å²) >= 11 is 0. The van der Waals surface area contributed by atoms with Gasteiger partial charge in [0.25, 0.3) is 0 Å². The summed E-state index contributed by atoms with van der Waals surface area (Å²) < 4.78 is 0. The Balaban J connectivity index is 2.70. The number of carboxylic acid groups (broad SMARTS) is 1. The summed E-state index contributed by atoms with van der Waals surface area (Å²) in [5.74, 6) is -0.851. The Bertz CT molecular complexity index is 506. The zero-order chi connectivity index (χ0) is 16.0. The molecule has 0 aromatic heterocycles. The van der Waals surface area contributed by atoms with Gasteiger partial charge in [-0.3, -0.25) is 4.79 Å². The topological polar surface area (TPSA) is 78.4 Å². The molecule has 1 aromatic rings. The van der Waals surface area contributed by atoms with Crippen LogP contribution in [0.2, 0.25) is 0 Å². The van der Waals surface area contributed by atoms with E-state index in [1.807, 2.05) is 25.1 Å². The number of nitrogens with one attached hydrogen (secondary N) is 2. The summed E-state index contributed by atoms with van der Waals surface area (Å²) in [6.07, 6.45) is 0.430. The summed E-state index contributed by atoms with van der Waals surface area (Å²) in [5, 5.41) is 14.4. The number of para-hydroxylation sites is 1. The Hall–Kier alpha value is -2.04. The summed E-state index contributed by atoms with van der Waals surface area (Å²) in [7, 11) is 0. The highest BCUT2D eigenvalue weighted by Crippen LogP contribution is 2.20. The molecule has 0 saturated carbocycles. The Morgan fingerprint density at radius 1 is 1.24 bits per heavy atom. The standard InChI is InChI=1S/C16H24N2O3/c1-11(16(2,3)4)17-15(21)18-13-8-6-5-7-12(13)9-10-14(19)20/h5-8,11H,9-10H2,1-4H3,(H,19,20)(H2,17,18,21). The molecule has 3 N–H and O–H groups in total. The number of hydrogen-bond donors (Lipinski definition) is 3. The smallest absolute Gasteiger partial charge is 0.319 e. The van der Waals surface area contributed by atoms with E-state index in [2.05, 4.69) is 31.4 Å². The third-order valence-electron chi connectivity index (χ3n) is 3.52. The number of aliphatic carboxylic acids is 1. The second-order valence-corrected chi connectivity index (χ2v) is 6.24. The first-order chi connectivity index (χ1) is 9.70. The fourth-order valence-electron chi connectivity index (χ4n) is 1.67. The van der Waals surface area contributed by atoms with Crippen molar-refractivity contribution in [2.75, 3.05) is 5.32 Å². The van der Waals surface area contributed by atoms with E-state index >= 15 is 0 Å². The second kappa shape index (κ2) is 7.11. The summed E-state index contributed by atoms with van der Waals surface area (Å²) in [6.45, 7) is 8.12. The van der Waals surface area contributed by atoms with Crippen molar-refractivity contribution >= 4 is 17.7 Å². The number of benzene rings is 1. The first-order valence-corrected chi connectivity index (χ1v) is 7.07. The predicted octanol–water partition coefficient (Wildman–Crippen LogP) is 3.26. The largest absolute Gasteiger partial charge is 0.481 e. The number of carbonyl (C=O) groups is 2. The highest BCUT2D eigenvalue weighted by Gasteiger charge is 2.21. The quantitative estimate of drug-likeness (QED) is 0.779. The number of rotatable bonds is 5. The number of carbonyl (C=O) groups excluding carboxylic acids is 1. The van der Waals surface area contributed by atoms with Crippen LogP contribution in [0.5, 0.6) is 0 Å². The average Bonchev–Trinajstić information content (AvgIpc) is 2.36. The molecule has 116 valence electrons. The van der Waals surface area contributed by atoms with Crippen molar-refractivity contribution in [3.05, 3.63) is 29.8 Å². The van der Waals surface area contributed by atoms with Gasteiger partial charge in [-0.15, -0.1) is 0 Å². The van der Waals surface area contributed by atoms with E-state index in [1.54, 1.807) is 6.07 Å². The highest BCUT2D eigenvalue weighted by molar-refractivity contribution is 5.90. The first-order valence-electron chi connectivity index (χ1n) is 7.07. The maximum Gasteiger partial charge on any atom is 0.319 e. The van der Waals surface area contributed by atoms with Gasteiger partial charge in [0.1, 0.15) is 0 Å². The van der Waals surface area contributed by atoms with Crippen LogP contribution in [-0.4, -0.2) is 23.1 Å². The Kier molecular flexibility index (Phi) is 5.76. The second-order valence-electron chi connectivity index (χ2n) is 6.24. The lowest BCUT2D eigenvalue weighted by Crippen LogP contribution is -2.43. The molecule has 2 amide bonds. The van der Waals surface area contributed by atoms with Crippen molar-refractivity contribution in [3.8, 4) is 0 Å². The fourth-order valence-corrected chi connectivity index (χ4v) is 1.67. The molecule has 0 saturated heterocycles. The number of aryl methyl sites for hydroxylation is 1. The maximum absolute atomic E-state index is 12.0. The lowest BCUT2D eigenvalue weighted by atomic mass is 9.88. The number of anilines is 1. The van der Waals surface area contributed by atoms with Crippen LogP contribution in [-0.2, 0) is 11.2 Å². The zero-order valence-electron chi connectivity index (χ0n) is 13.1. The molecule has 0 aliphatic heterocycles. The SMILES string of the molecule is CC(NC(=O)Nc1ccccc1CCC(=O)O)C(C)(C)C. The molecule has 21 heavy (non-hydrogen) atoms. The van der Waals surface area contributed by atoms with Gasteiger partial charge in [-0.05, 0) is 30.4 Å². The van der Waals surface area contributed by atoms with E-state index in [0.29, 0.717) is 12.1 Å². The fraction of sp³-hybridized carbons (Fsp3) is 0.500. The molecule has 0 heterocycles. The van der Waals surface area contributed by atoms with Crippen LogP contribution in [0.25, 0.3) is 0 Å². The minimum atomic E-state index is -0.851. The summed E-state index contributed by atoms with van der Waals surface area (Å²) in [4.78, 5) is 22.7. The van der Waals surface area contributed by atoms with Crippen molar-refractivity contribution in [3.63, 3.8) is 0 Å². The molecule has 0 aliphatic rings. The average molecular weight is 292 g/mol. The van der Waals surface area contributed by atoms with Crippen LogP contribution in [0.15, 0.2) is 24.3 Å². The van der Waals surface area contributed by atoms with E-state index in [0.717, 1.165) is 5.56 Å². The molecular formula is C16H24N2O3. The molecule has 5 heteroatoms. The molecule has 0 radical (unpaired) electrons. The van der Waals surface area contributed by atoms with Gasteiger partial charge in [-0.25, -0.2) is 4.79 Å². The maximum atomic E-state index is 12.0. The third kappa shape index (κ3) is 5.85. The minimum absolute atomic E-state index is 0.0173. The van der Waals surface area contributed by atoms with Gasteiger partial charge in [0.15, 0.2) is 0 Å². The van der Waals surface area contributed by atoms with Gasteiger partial charge >= 0.3 is 12.0 Å². The Labute approximate surface area is 125 Å². The van der Waals surface area contributed by atoms with Gasteiger partial charge in [-0.2, -0.15) is 0 Å². The molecule has 1 aromatic carbocycles.